The van der Waals surface area contributed by atoms with Crippen molar-refractivity contribution in [1.29, 1.82) is 0 Å². The fourth-order valence-corrected chi connectivity index (χ4v) is 5.68. The van der Waals surface area contributed by atoms with Crippen molar-refractivity contribution in [1.82, 2.24) is 16.0 Å². The van der Waals surface area contributed by atoms with Gasteiger partial charge in [-0.1, -0.05) is 52.3 Å². The molecule has 3 aromatic rings. The Morgan fingerprint density at radius 1 is 0.795 bits per heavy atom. The lowest BCUT2D eigenvalue weighted by Crippen LogP contribution is -2.47. The molecule has 0 aromatic heterocycles. The van der Waals surface area contributed by atoms with Crippen molar-refractivity contribution < 1.29 is 18.4 Å². The van der Waals surface area contributed by atoms with E-state index in [1.54, 1.807) is 24.3 Å². The lowest BCUT2D eigenvalue weighted by atomic mass is 9.73. The summed E-state index contributed by atoms with van der Waals surface area (Å²) in [7, 11) is 0. The van der Waals surface area contributed by atoms with Crippen LogP contribution in [0.15, 0.2) is 77.3 Å². The fraction of sp³-hybridized carbons (Fsp3) is 0.355. The van der Waals surface area contributed by atoms with Gasteiger partial charge in [-0.2, -0.15) is 0 Å². The first kappa shape index (κ1) is 27.5. The summed E-state index contributed by atoms with van der Waals surface area (Å²) in [6.45, 7) is 0.311. The molecule has 2 saturated carbocycles. The molecule has 0 bridgehead atoms. The van der Waals surface area contributed by atoms with Crippen molar-refractivity contribution in [2.75, 3.05) is 6.54 Å². The first-order valence-electron chi connectivity index (χ1n) is 13.4. The molecule has 2 fully saturated rings. The summed E-state index contributed by atoms with van der Waals surface area (Å²) in [5.74, 6) is -1.31. The van der Waals surface area contributed by atoms with Gasteiger partial charge >= 0.3 is 0 Å². The van der Waals surface area contributed by atoms with E-state index in [9.17, 15) is 18.4 Å². The van der Waals surface area contributed by atoms with Gasteiger partial charge in [0.05, 0.1) is 12.6 Å². The summed E-state index contributed by atoms with van der Waals surface area (Å²) in [6.07, 6.45) is 4.18. The maximum atomic E-state index is 13.9. The van der Waals surface area contributed by atoms with Gasteiger partial charge in [0.1, 0.15) is 11.6 Å². The van der Waals surface area contributed by atoms with Gasteiger partial charge in [0.2, 0.25) is 11.8 Å². The molecule has 0 aliphatic heterocycles. The monoisotopic (exact) mass is 595 g/mol. The number of rotatable bonds is 9. The average Bonchev–Trinajstić information content (AvgIpc) is 3.77. The Kier molecular flexibility index (Phi) is 8.72. The highest BCUT2D eigenvalue weighted by Gasteiger charge is 2.37. The van der Waals surface area contributed by atoms with Gasteiger partial charge in [0, 0.05) is 22.5 Å². The molecule has 2 aliphatic carbocycles. The van der Waals surface area contributed by atoms with E-state index in [0.29, 0.717) is 43.0 Å². The van der Waals surface area contributed by atoms with Gasteiger partial charge in [-0.3, -0.25) is 9.59 Å². The highest BCUT2D eigenvalue weighted by Crippen LogP contribution is 2.39. The Bertz CT molecular complexity index is 1240. The van der Waals surface area contributed by atoms with Crippen LogP contribution in [-0.4, -0.2) is 30.4 Å². The maximum absolute atomic E-state index is 13.9. The molecule has 3 atom stereocenters. The molecule has 2 aliphatic rings. The lowest BCUT2D eigenvalue weighted by Gasteiger charge is -2.37. The Hall–Kier alpha value is -3.10. The fourth-order valence-electron chi connectivity index (χ4n) is 5.42. The van der Waals surface area contributed by atoms with Crippen molar-refractivity contribution in [2.24, 2.45) is 5.92 Å². The number of amides is 2. The van der Waals surface area contributed by atoms with Gasteiger partial charge in [-0.15, -0.1) is 0 Å². The number of hydrogen-bond donors (Lipinski definition) is 3. The van der Waals surface area contributed by atoms with E-state index in [2.05, 4.69) is 31.9 Å². The smallest absolute Gasteiger partial charge is 0.234 e. The molecule has 204 valence electrons. The van der Waals surface area contributed by atoms with Crippen LogP contribution in [0, 0.1) is 17.6 Å². The Balaban J connectivity index is 1.35. The quantitative estimate of drug-likeness (QED) is 0.295. The van der Waals surface area contributed by atoms with Crippen LogP contribution in [0.25, 0.3) is 0 Å². The maximum Gasteiger partial charge on any atom is 0.234 e. The number of benzene rings is 3. The highest BCUT2D eigenvalue weighted by molar-refractivity contribution is 9.10. The summed E-state index contributed by atoms with van der Waals surface area (Å²) in [6, 6.07) is 19.8. The van der Waals surface area contributed by atoms with E-state index in [-0.39, 0.29) is 41.3 Å². The molecule has 0 radical (unpaired) electrons. The minimum Gasteiger partial charge on any atom is -0.352 e. The molecule has 5 rings (SSSR count). The van der Waals surface area contributed by atoms with E-state index in [4.69, 9.17) is 0 Å². The van der Waals surface area contributed by atoms with Gasteiger partial charge in [0.25, 0.3) is 0 Å². The molecule has 0 saturated heterocycles. The first-order valence-corrected chi connectivity index (χ1v) is 14.2. The summed E-state index contributed by atoms with van der Waals surface area (Å²) in [5.41, 5.74) is 2.45. The van der Waals surface area contributed by atoms with Crippen LogP contribution in [-0.2, 0) is 9.59 Å². The molecule has 0 unspecified atom stereocenters. The van der Waals surface area contributed by atoms with Gasteiger partial charge < -0.3 is 16.0 Å². The summed E-state index contributed by atoms with van der Waals surface area (Å²) < 4.78 is 28.3. The number of nitrogens with one attached hydrogen (secondary N) is 3. The number of carbonyl (C=O) groups is 2. The summed E-state index contributed by atoms with van der Waals surface area (Å²) in [5, 5.41) is 9.59. The second-order valence-corrected chi connectivity index (χ2v) is 11.5. The second kappa shape index (κ2) is 12.4. The lowest BCUT2D eigenvalue weighted by molar-refractivity contribution is -0.127. The van der Waals surface area contributed by atoms with Crippen LogP contribution in [0.2, 0.25) is 0 Å². The van der Waals surface area contributed by atoms with Gasteiger partial charge in [-0.25, -0.2) is 8.78 Å². The average molecular weight is 597 g/mol. The zero-order valence-corrected chi connectivity index (χ0v) is 23.1. The molecule has 0 heterocycles. The molecule has 2 amide bonds. The van der Waals surface area contributed by atoms with Crippen LogP contribution >= 0.6 is 15.9 Å². The van der Waals surface area contributed by atoms with Crippen molar-refractivity contribution in [3.8, 4) is 0 Å². The van der Waals surface area contributed by atoms with E-state index in [1.165, 1.54) is 24.3 Å². The third-order valence-electron chi connectivity index (χ3n) is 7.67. The van der Waals surface area contributed by atoms with E-state index in [1.807, 2.05) is 24.3 Å². The van der Waals surface area contributed by atoms with E-state index >= 15 is 0 Å². The predicted molar refractivity (Wildman–Crippen MR) is 150 cm³/mol. The largest absolute Gasteiger partial charge is 0.352 e. The Morgan fingerprint density at radius 2 is 1.36 bits per heavy atom. The number of hydrogen-bond acceptors (Lipinski definition) is 3. The zero-order chi connectivity index (χ0) is 27.4. The predicted octanol–water partition coefficient (Wildman–Crippen LogP) is 5.75. The second-order valence-electron chi connectivity index (χ2n) is 10.5. The zero-order valence-electron chi connectivity index (χ0n) is 21.5. The first-order chi connectivity index (χ1) is 18.9. The third-order valence-corrected chi connectivity index (χ3v) is 8.20. The Morgan fingerprint density at radius 3 is 1.92 bits per heavy atom. The standard InChI is InChI=1S/C31H32BrF2N3O2/c32-22-7-1-19(2-8-22)28-17-26(36-29(38)18-35-25-13-14-25)15-16-27(28)31(39)37-30(20-3-9-23(33)10-4-20)21-5-11-24(34)12-6-21/h1-12,25-28,30,35H,13-18H2,(H,36,38)(H,37,39)/t26-,27-,28+/m1/s1. The third kappa shape index (κ3) is 7.31. The number of carbonyl (C=O) groups excluding carboxylic acids is 2. The molecule has 3 N–H and O–H groups in total. The molecular weight excluding hydrogens is 564 g/mol. The van der Waals surface area contributed by atoms with Crippen molar-refractivity contribution in [3.05, 3.63) is 106 Å². The molecule has 3 aromatic carbocycles. The minimum absolute atomic E-state index is 0.0166. The van der Waals surface area contributed by atoms with E-state index < -0.39 is 6.04 Å². The van der Waals surface area contributed by atoms with Crippen molar-refractivity contribution in [3.63, 3.8) is 0 Å². The molecule has 0 spiro atoms. The van der Waals surface area contributed by atoms with Crippen LogP contribution in [0.3, 0.4) is 0 Å². The normalized spacial score (nSPS) is 21.0. The van der Waals surface area contributed by atoms with Crippen molar-refractivity contribution >= 4 is 27.7 Å². The van der Waals surface area contributed by atoms with Crippen LogP contribution in [0.5, 0.6) is 0 Å². The number of halogens is 3. The van der Waals surface area contributed by atoms with Crippen LogP contribution in [0.1, 0.15) is 60.8 Å². The molecular formula is C31H32BrF2N3O2. The van der Waals surface area contributed by atoms with Gasteiger partial charge in [0.15, 0.2) is 0 Å². The summed E-state index contributed by atoms with van der Waals surface area (Å²) >= 11 is 3.49. The molecule has 8 heteroatoms. The van der Waals surface area contributed by atoms with Crippen LogP contribution in [0.4, 0.5) is 8.78 Å². The Labute approximate surface area is 235 Å². The van der Waals surface area contributed by atoms with Gasteiger partial charge in [-0.05, 0) is 91.1 Å². The molecule has 5 nitrogen and oxygen atoms in total. The summed E-state index contributed by atoms with van der Waals surface area (Å²) in [4.78, 5) is 26.4. The van der Waals surface area contributed by atoms with E-state index in [0.717, 1.165) is 22.9 Å². The minimum atomic E-state index is -0.560. The molecule has 39 heavy (non-hydrogen) atoms. The topological polar surface area (TPSA) is 70.2 Å². The van der Waals surface area contributed by atoms with Crippen LogP contribution < -0.4 is 16.0 Å². The van der Waals surface area contributed by atoms with Crippen molar-refractivity contribution in [2.45, 2.75) is 56.1 Å². The SMILES string of the molecule is O=C(CNC1CC1)N[C@@H]1CC[C@@H](C(=O)NC(c2ccc(F)cc2)c2ccc(F)cc2)[C@H](c2ccc(Br)cc2)C1. The highest BCUT2D eigenvalue weighted by atomic mass is 79.9.